The summed E-state index contributed by atoms with van der Waals surface area (Å²) >= 11 is 0. The summed E-state index contributed by atoms with van der Waals surface area (Å²) in [5, 5.41) is 22.8. The number of aliphatic hydroxyl groups is 1. The molecule has 0 bridgehead atoms. The fraction of sp³-hybridized carbons (Fsp3) is 0.556. The number of rotatable bonds is 7. The molecular weight excluding hydrogens is 240 g/mol. The van der Waals surface area contributed by atoms with E-state index in [1.54, 1.807) is 6.92 Å². The number of nitrogens with zero attached hydrogens (tertiary/aromatic N) is 3. The molecule has 9 heteroatoms. The van der Waals surface area contributed by atoms with Crippen molar-refractivity contribution in [2.24, 2.45) is 5.84 Å². The van der Waals surface area contributed by atoms with E-state index in [0.717, 1.165) is 0 Å². The number of hydrazine groups is 1. The van der Waals surface area contributed by atoms with Crippen LogP contribution in [-0.2, 0) is 0 Å². The van der Waals surface area contributed by atoms with Gasteiger partial charge in [0.15, 0.2) is 0 Å². The smallest absolute Gasteiger partial charge is 0.354 e. The second-order valence-corrected chi connectivity index (χ2v) is 3.74. The lowest BCUT2D eigenvalue weighted by Crippen LogP contribution is -2.14. The van der Waals surface area contributed by atoms with Crippen molar-refractivity contribution in [1.82, 2.24) is 9.97 Å². The summed E-state index contributed by atoms with van der Waals surface area (Å²) in [6, 6.07) is 0. The number of aliphatic hydroxyl groups excluding tert-OH is 1. The first-order chi connectivity index (χ1) is 8.56. The van der Waals surface area contributed by atoms with Crippen molar-refractivity contribution >= 4 is 17.3 Å². The van der Waals surface area contributed by atoms with Crippen LogP contribution in [0.2, 0.25) is 0 Å². The maximum atomic E-state index is 10.9. The predicted octanol–water partition coefficient (Wildman–Crippen LogP) is 0.243. The molecule has 0 radical (unpaired) electrons. The summed E-state index contributed by atoms with van der Waals surface area (Å²) in [5.41, 5.74) is 1.86. The summed E-state index contributed by atoms with van der Waals surface area (Å²) in [7, 11) is 0. The molecule has 100 valence electrons. The number of nitrogen functional groups attached to an aromatic ring is 1. The number of hydrogen-bond acceptors (Lipinski definition) is 8. The Kier molecular flexibility index (Phi) is 5.21. The SMILES string of the molecule is CC(O)CCCNc1ncnc(NN)c1[N+](=O)[O-]. The van der Waals surface area contributed by atoms with Crippen LogP contribution in [0.15, 0.2) is 6.33 Å². The van der Waals surface area contributed by atoms with Crippen molar-refractivity contribution in [1.29, 1.82) is 0 Å². The van der Waals surface area contributed by atoms with Crippen molar-refractivity contribution in [2.45, 2.75) is 25.9 Å². The second kappa shape index (κ2) is 6.67. The second-order valence-electron chi connectivity index (χ2n) is 3.74. The van der Waals surface area contributed by atoms with Crippen LogP contribution in [0.1, 0.15) is 19.8 Å². The van der Waals surface area contributed by atoms with Crippen molar-refractivity contribution in [3.63, 3.8) is 0 Å². The number of anilines is 2. The first kappa shape index (κ1) is 14.1. The van der Waals surface area contributed by atoms with Crippen LogP contribution >= 0.6 is 0 Å². The molecule has 0 amide bonds. The van der Waals surface area contributed by atoms with Crippen LogP contribution in [0.4, 0.5) is 17.3 Å². The Morgan fingerprint density at radius 3 is 2.78 bits per heavy atom. The quantitative estimate of drug-likeness (QED) is 0.235. The van der Waals surface area contributed by atoms with E-state index in [4.69, 9.17) is 10.9 Å². The van der Waals surface area contributed by atoms with Crippen molar-refractivity contribution in [3.05, 3.63) is 16.4 Å². The molecule has 18 heavy (non-hydrogen) atoms. The van der Waals surface area contributed by atoms with Gasteiger partial charge in [-0.2, -0.15) is 0 Å². The van der Waals surface area contributed by atoms with E-state index in [2.05, 4.69) is 20.7 Å². The molecule has 1 rings (SSSR count). The zero-order valence-electron chi connectivity index (χ0n) is 9.96. The van der Waals surface area contributed by atoms with Gasteiger partial charge in [0.2, 0.25) is 11.6 Å². The van der Waals surface area contributed by atoms with Crippen molar-refractivity contribution < 1.29 is 10.0 Å². The maximum Gasteiger partial charge on any atom is 0.354 e. The molecule has 0 aliphatic heterocycles. The summed E-state index contributed by atoms with van der Waals surface area (Å²) < 4.78 is 0. The van der Waals surface area contributed by atoms with Gasteiger partial charge in [-0.05, 0) is 19.8 Å². The molecule has 1 atom stereocenters. The minimum absolute atomic E-state index is 0.0481. The zero-order chi connectivity index (χ0) is 13.5. The van der Waals surface area contributed by atoms with Crippen molar-refractivity contribution in [2.75, 3.05) is 17.3 Å². The maximum absolute atomic E-state index is 10.9. The van der Waals surface area contributed by atoms with Gasteiger partial charge in [-0.1, -0.05) is 0 Å². The Bertz CT molecular complexity index is 411. The Hall–Kier alpha value is -2.00. The predicted molar refractivity (Wildman–Crippen MR) is 65.9 cm³/mol. The Morgan fingerprint density at radius 2 is 2.22 bits per heavy atom. The Labute approximate surface area is 104 Å². The highest BCUT2D eigenvalue weighted by molar-refractivity contribution is 5.68. The van der Waals surface area contributed by atoms with E-state index in [1.807, 2.05) is 0 Å². The molecule has 1 heterocycles. The van der Waals surface area contributed by atoms with Crippen LogP contribution in [-0.4, -0.2) is 32.6 Å². The summed E-state index contributed by atoms with van der Waals surface area (Å²) in [4.78, 5) is 17.8. The normalized spacial score (nSPS) is 11.9. The number of nitro groups is 1. The van der Waals surface area contributed by atoms with E-state index < -0.39 is 11.0 Å². The average molecular weight is 256 g/mol. The van der Waals surface area contributed by atoms with Gasteiger partial charge in [0.1, 0.15) is 6.33 Å². The molecule has 0 aliphatic rings. The van der Waals surface area contributed by atoms with Crippen LogP contribution < -0.4 is 16.6 Å². The molecule has 1 unspecified atom stereocenters. The monoisotopic (exact) mass is 256 g/mol. The third-order valence-electron chi connectivity index (χ3n) is 2.23. The lowest BCUT2D eigenvalue weighted by molar-refractivity contribution is -0.383. The van der Waals surface area contributed by atoms with Crippen LogP contribution in [0.25, 0.3) is 0 Å². The molecule has 0 spiro atoms. The molecule has 1 aromatic heterocycles. The van der Waals surface area contributed by atoms with Crippen LogP contribution in [0, 0.1) is 10.1 Å². The highest BCUT2D eigenvalue weighted by Gasteiger charge is 2.21. The van der Waals surface area contributed by atoms with Crippen molar-refractivity contribution in [3.8, 4) is 0 Å². The lowest BCUT2D eigenvalue weighted by Gasteiger charge is -2.08. The Balaban J connectivity index is 2.72. The number of hydrogen-bond donors (Lipinski definition) is 4. The third kappa shape index (κ3) is 3.79. The molecule has 0 saturated heterocycles. The van der Waals surface area contributed by atoms with Gasteiger partial charge in [0.25, 0.3) is 0 Å². The molecule has 1 aromatic rings. The molecule has 0 aromatic carbocycles. The fourth-order valence-electron chi connectivity index (χ4n) is 1.39. The highest BCUT2D eigenvalue weighted by atomic mass is 16.6. The minimum Gasteiger partial charge on any atom is -0.393 e. The molecule has 0 aliphatic carbocycles. The van der Waals surface area contributed by atoms with E-state index in [0.29, 0.717) is 19.4 Å². The van der Waals surface area contributed by atoms with Gasteiger partial charge < -0.3 is 15.8 Å². The molecule has 0 saturated carbocycles. The first-order valence-corrected chi connectivity index (χ1v) is 5.44. The van der Waals surface area contributed by atoms with Gasteiger partial charge in [0.05, 0.1) is 11.0 Å². The van der Waals surface area contributed by atoms with E-state index in [-0.39, 0.29) is 17.3 Å². The highest BCUT2D eigenvalue weighted by Crippen LogP contribution is 2.27. The molecule has 5 N–H and O–H groups in total. The minimum atomic E-state index is -0.605. The number of nitrogens with one attached hydrogen (secondary N) is 2. The van der Waals surface area contributed by atoms with Gasteiger partial charge in [-0.15, -0.1) is 0 Å². The van der Waals surface area contributed by atoms with E-state index in [1.165, 1.54) is 6.33 Å². The van der Waals surface area contributed by atoms with Gasteiger partial charge in [-0.25, -0.2) is 15.8 Å². The Morgan fingerprint density at radius 1 is 1.56 bits per heavy atom. The molecular formula is C9H16N6O3. The third-order valence-corrected chi connectivity index (χ3v) is 2.23. The number of aromatic nitrogens is 2. The molecule has 9 nitrogen and oxygen atoms in total. The van der Waals surface area contributed by atoms with Gasteiger partial charge in [-0.3, -0.25) is 10.1 Å². The van der Waals surface area contributed by atoms with E-state index in [9.17, 15) is 10.1 Å². The fourth-order valence-corrected chi connectivity index (χ4v) is 1.39. The topological polar surface area (TPSA) is 139 Å². The summed E-state index contributed by atoms with van der Waals surface area (Å²) in [6.07, 6.45) is 2.06. The van der Waals surface area contributed by atoms with Crippen LogP contribution in [0.5, 0.6) is 0 Å². The van der Waals surface area contributed by atoms with Crippen LogP contribution in [0.3, 0.4) is 0 Å². The zero-order valence-corrected chi connectivity index (χ0v) is 9.96. The van der Waals surface area contributed by atoms with Gasteiger partial charge in [0, 0.05) is 6.54 Å². The van der Waals surface area contributed by atoms with E-state index >= 15 is 0 Å². The largest absolute Gasteiger partial charge is 0.393 e. The summed E-state index contributed by atoms with van der Waals surface area (Å²) in [6.45, 7) is 2.15. The number of nitrogens with two attached hydrogens (primary N) is 1. The summed E-state index contributed by atoms with van der Waals surface area (Å²) in [5.74, 6) is 5.20. The molecule has 0 fully saturated rings. The lowest BCUT2D eigenvalue weighted by atomic mass is 10.2. The standard InChI is InChI=1S/C9H16N6O3/c1-6(16)3-2-4-11-8-7(15(17)18)9(14-10)13-5-12-8/h5-6,16H,2-4,10H2,1H3,(H2,11,12,13,14). The first-order valence-electron chi connectivity index (χ1n) is 5.44. The van der Waals surface area contributed by atoms with Gasteiger partial charge >= 0.3 is 5.69 Å². The average Bonchev–Trinajstić information content (AvgIpc) is 2.33.